The van der Waals surface area contributed by atoms with E-state index in [0.717, 1.165) is 58.2 Å². The predicted molar refractivity (Wildman–Crippen MR) is 84.0 cm³/mol. The molecule has 4 heteroatoms. The molecule has 2 aliphatic carbocycles. The van der Waals surface area contributed by atoms with Crippen LogP contribution in [0.4, 0.5) is 0 Å². The lowest BCUT2D eigenvalue weighted by molar-refractivity contribution is -0.141. The maximum Gasteiger partial charge on any atom is 0.227 e. The van der Waals surface area contributed by atoms with Crippen LogP contribution >= 0.6 is 0 Å². The van der Waals surface area contributed by atoms with Gasteiger partial charge in [0.2, 0.25) is 11.8 Å². The lowest BCUT2D eigenvalue weighted by Crippen LogP contribution is -2.46. The molecular formula is C18H26N2O2. The Hall–Kier alpha value is -1.32. The fourth-order valence-corrected chi connectivity index (χ4v) is 4.42. The summed E-state index contributed by atoms with van der Waals surface area (Å²) in [5.41, 5.74) is 0. The number of nitrogens with zero attached hydrogens (tertiary/aromatic N) is 2. The first-order valence-electron chi connectivity index (χ1n) is 8.95. The van der Waals surface area contributed by atoms with E-state index in [-0.39, 0.29) is 11.8 Å². The minimum Gasteiger partial charge on any atom is -0.342 e. The number of amides is 2. The highest BCUT2D eigenvalue weighted by atomic mass is 16.2. The van der Waals surface area contributed by atoms with Crippen molar-refractivity contribution in [1.29, 1.82) is 0 Å². The van der Waals surface area contributed by atoms with E-state index in [1.807, 2.05) is 4.90 Å². The molecule has 2 heterocycles. The molecule has 22 heavy (non-hydrogen) atoms. The number of rotatable bonds is 2. The highest BCUT2D eigenvalue weighted by Crippen LogP contribution is 2.35. The summed E-state index contributed by atoms with van der Waals surface area (Å²) in [7, 11) is 0. The Balaban J connectivity index is 1.37. The topological polar surface area (TPSA) is 40.6 Å². The largest absolute Gasteiger partial charge is 0.342 e. The third-order valence-electron chi connectivity index (χ3n) is 5.94. The summed E-state index contributed by atoms with van der Waals surface area (Å²) in [6.45, 7) is 3.38. The van der Waals surface area contributed by atoms with E-state index in [1.54, 1.807) is 0 Å². The van der Waals surface area contributed by atoms with Crippen molar-refractivity contribution in [1.82, 2.24) is 9.80 Å². The van der Waals surface area contributed by atoms with Crippen LogP contribution in [0.1, 0.15) is 38.5 Å². The molecule has 0 aromatic carbocycles. The van der Waals surface area contributed by atoms with Crippen LogP contribution in [0.15, 0.2) is 12.2 Å². The third kappa shape index (κ3) is 2.68. The second kappa shape index (κ2) is 5.71. The number of piperidine rings is 1. The lowest BCUT2D eigenvalue weighted by Gasteiger charge is -2.34. The summed E-state index contributed by atoms with van der Waals surface area (Å²) < 4.78 is 0. The molecule has 0 aromatic heterocycles. The van der Waals surface area contributed by atoms with E-state index < -0.39 is 0 Å². The Morgan fingerprint density at radius 3 is 2.05 bits per heavy atom. The van der Waals surface area contributed by atoms with Crippen molar-refractivity contribution in [2.45, 2.75) is 38.5 Å². The molecule has 4 nitrogen and oxygen atoms in total. The molecule has 4 aliphatic rings. The number of carbonyl (C=O) groups excluding carboxylic acids is 2. The Bertz CT molecular complexity index is 481. The van der Waals surface area contributed by atoms with E-state index in [2.05, 4.69) is 17.1 Å². The molecule has 0 radical (unpaired) electrons. The molecule has 0 spiro atoms. The summed E-state index contributed by atoms with van der Waals surface area (Å²) in [4.78, 5) is 29.2. The van der Waals surface area contributed by atoms with Gasteiger partial charge in [0, 0.05) is 32.1 Å². The van der Waals surface area contributed by atoms with Crippen molar-refractivity contribution in [2.75, 3.05) is 26.2 Å². The standard InChI is InChI=1S/C18H26N2O2/c21-17(13-7-8-13)19-9-3-6-16(12-19)18(22)20-10-14-4-1-2-5-15(14)11-20/h1-2,13-16H,3-12H2/t14-,15+,16-/m1/s1. The maximum atomic E-state index is 12.9. The zero-order valence-electron chi connectivity index (χ0n) is 13.2. The Morgan fingerprint density at radius 1 is 0.773 bits per heavy atom. The average molecular weight is 302 g/mol. The van der Waals surface area contributed by atoms with E-state index in [4.69, 9.17) is 0 Å². The van der Waals surface area contributed by atoms with Crippen molar-refractivity contribution < 1.29 is 9.59 Å². The Labute approximate surface area is 132 Å². The molecule has 2 aliphatic heterocycles. The Kier molecular flexibility index (Phi) is 3.71. The highest BCUT2D eigenvalue weighted by Gasteiger charge is 2.40. The smallest absolute Gasteiger partial charge is 0.227 e. The summed E-state index contributed by atoms with van der Waals surface area (Å²) in [6, 6.07) is 0. The van der Waals surface area contributed by atoms with E-state index in [0.29, 0.717) is 30.2 Å². The first-order valence-corrected chi connectivity index (χ1v) is 8.95. The molecule has 3 atom stereocenters. The van der Waals surface area contributed by atoms with Crippen molar-refractivity contribution in [3.63, 3.8) is 0 Å². The molecule has 4 rings (SSSR count). The lowest BCUT2D eigenvalue weighted by atomic mass is 9.86. The van der Waals surface area contributed by atoms with E-state index >= 15 is 0 Å². The van der Waals surface area contributed by atoms with Crippen LogP contribution in [0.5, 0.6) is 0 Å². The summed E-state index contributed by atoms with van der Waals surface area (Å²) in [6.07, 6.45) is 10.8. The molecule has 0 aromatic rings. The zero-order chi connectivity index (χ0) is 15.1. The van der Waals surface area contributed by atoms with E-state index in [9.17, 15) is 9.59 Å². The second-order valence-electron chi connectivity index (χ2n) is 7.60. The Morgan fingerprint density at radius 2 is 1.41 bits per heavy atom. The molecule has 3 fully saturated rings. The van der Waals surface area contributed by atoms with Gasteiger partial charge in [-0.1, -0.05) is 12.2 Å². The zero-order valence-corrected chi connectivity index (χ0v) is 13.2. The first-order chi connectivity index (χ1) is 10.7. The summed E-state index contributed by atoms with van der Waals surface area (Å²) in [5, 5.41) is 0. The van der Waals surface area contributed by atoms with Gasteiger partial charge in [0.1, 0.15) is 0 Å². The fourth-order valence-electron chi connectivity index (χ4n) is 4.42. The fraction of sp³-hybridized carbons (Fsp3) is 0.778. The average Bonchev–Trinajstić information content (AvgIpc) is 3.32. The number of fused-ring (bicyclic) bond motifs is 1. The summed E-state index contributed by atoms with van der Waals surface area (Å²) in [5.74, 6) is 2.27. The van der Waals surface area contributed by atoms with Crippen LogP contribution < -0.4 is 0 Å². The number of hydrogen-bond donors (Lipinski definition) is 0. The van der Waals surface area contributed by atoms with Gasteiger partial charge in [0.25, 0.3) is 0 Å². The maximum absolute atomic E-state index is 12.9. The minimum absolute atomic E-state index is 0.0459. The predicted octanol–water partition coefficient (Wildman–Crippen LogP) is 2.06. The molecule has 0 unspecified atom stereocenters. The second-order valence-corrected chi connectivity index (χ2v) is 7.60. The van der Waals surface area contributed by atoms with Crippen LogP contribution in [0.25, 0.3) is 0 Å². The molecule has 0 N–H and O–H groups in total. The van der Waals surface area contributed by atoms with Gasteiger partial charge in [-0.2, -0.15) is 0 Å². The van der Waals surface area contributed by atoms with Gasteiger partial charge in [-0.15, -0.1) is 0 Å². The van der Waals surface area contributed by atoms with Crippen LogP contribution in [-0.4, -0.2) is 47.8 Å². The molecule has 120 valence electrons. The number of likely N-dealkylation sites (tertiary alicyclic amines) is 2. The van der Waals surface area contributed by atoms with Crippen LogP contribution in [0, 0.1) is 23.7 Å². The van der Waals surface area contributed by atoms with Crippen molar-refractivity contribution >= 4 is 11.8 Å². The van der Waals surface area contributed by atoms with Crippen molar-refractivity contribution in [3.05, 3.63) is 12.2 Å². The van der Waals surface area contributed by atoms with Crippen LogP contribution in [-0.2, 0) is 9.59 Å². The van der Waals surface area contributed by atoms with Crippen molar-refractivity contribution in [3.8, 4) is 0 Å². The molecule has 0 bridgehead atoms. The molecule has 1 saturated carbocycles. The number of allylic oxidation sites excluding steroid dienone is 2. The molecular weight excluding hydrogens is 276 g/mol. The summed E-state index contributed by atoms with van der Waals surface area (Å²) >= 11 is 0. The van der Waals surface area contributed by atoms with Crippen LogP contribution in [0.2, 0.25) is 0 Å². The van der Waals surface area contributed by atoms with Gasteiger partial charge < -0.3 is 9.80 Å². The minimum atomic E-state index is 0.0459. The van der Waals surface area contributed by atoms with E-state index in [1.165, 1.54) is 0 Å². The third-order valence-corrected chi connectivity index (χ3v) is 5.94. The highest BCUT2D eigenvalue weighted by molar-refractivity contribution is 5.83. The quantitative estimate of drug-likeness (QED) is 0.733. The van der Waals surface area contributed by atoms with Crippen LogP contribution in [0.3, 0.4) is 0 Å². The normalized spacial score (nSPS) is 34.6. The number of hydrogen-bond acceptors (Lipinski definition) is 2. The first kappa shape index (κ1) is 14.3. The SMILES string of the molecule is O=C(C1CC1)N1CCC[C@@H](C(=O)N2C[C@H]3CC=CC[C@H]3C2)C1. The molecule has 2 saturated heterocycles. The van der Waals surface area contributed by atoms with Gasteiger partial charge >= 0.3 is 0 Å². The van der Waals surface area contributed by atoms with Crippen molar-refractivity contribution in [2.24, 2.45) is 23.7 Å². The van der Waals surface area contributed by atoms with Gasteiger partial charge in [0.05, 0.1) is 5.92 Å². The van der Waals surface area contributed by atoms with Gasteiger partial charge in [0.15, 0.2) is 0 Å². The van der Waals surface area contributed by atoms with Gasteiger partial charge in [-0.25, -0.2) is 0 Å². The monoisotopic (exact) mass is 302 g/mol. The number of carbonyl (C=O) groups is 2. The molecule has 2 amide bonds. The van der Waals surface area contributed by atoms with Gasteiger partial charge in [-0.3, -0.25) is 9.59 Å². The van der Waals surface area contributed by atoms with Gasteiger partial charge in [-0.05, 0) is 50.4 Å².